The zero-order valence-corrected chi connectivity index (χ0v) is 13.6. The average Bonchev–Trinajstić information content (AvgIpc) is 3.25. The molecule has 0 radical (unpaired) electrons. The summed E-state index contributed by atoms with van der Waals surface area (Å²) < 4.78 is 0. The molecule has 3 aromatic heterocycles. The zero-order valence-electron chi connectivity index (χ0n) is 11.9. The molecule has 0 saturated heterocycles. The number of benzene rings is 1. The predicted octanol–water partition coefficient (Wildman–Crippen LogP) is 6.45. The molecule has 1 atom stereocenters. The number of pyridine rings is 1. The van der Waals surface area contributed by atoms with Crippen molar-refractivity contribution in [3.05, 3.63) is 84.4 Å². The molecule has 0 saturated carbocycles. The topological polar surface area (TPSA) is 12.9 Å². The van der Waals surface area contributed by atoms with Crippen LogP contribution in [0.4, 0.5) is 0 Å². The van der Waals surface area contributed by atoms with Crippen LogP contribution in [0.25, 0.3) is 26.5 Å². The normalized spacial score (nSPS) is 11.5. The fraction of sp³-hybridized carbons (Fsp3) is 0. The zero-order chi connectivity index (χ0) is 14.8. The van der Waals surface area contributed by atoms with E-state index in [9.17, 15) is 0 Å². The highest BCUT2D eigenvalue weighted by Crippen LogP contribution is 2.56. The first-order valence-electron chi connectivity index (χ1n) is 7.16. The van der Waals surface area contributed by atoms with Gasteiger partial charge in [0.25, 0.3) is 0 Å². The van der Waals surface area contributed by atoms with Gasteiger partial charge in [-0.25, -0.2) is 0 Å². The van der Waals surface area contributed by atoms with Crippen LogP contribution in [0.2, 0.25) is 0 Å². The smallest absolute Gasteiger partial charge is 0.0745 e. The van der Waals surface area contributed by atoms with Crippen molar-refractivity contribution in [2.24, 2.45) is 0 Å². The van der Waals surface area contributed by atoms with Gasteiger partial charge in [-0.05, 0) is 41.0 Å². The van der Waals surface area contributed by atoms with Crippen molar-refractivity contribution in [1.82, 2.24) is 4.98 Å². The molecule has 0 fully saturated rings. The van der Waals surface area contributed by atoms with Crippen LogP contribution < -0.4 is 0 Å². The van der Waals surface area contributed by atoms with E-state index in [-0.39, 0.29) is 0 Å². The fourth-order valence-corrected chi connectivity index (χ4v) is 6.09. The molecule has 1 aromatic carbocycles. The van der Waals surface area contributed by atoms with Crippen LogP contribution in [0.15, 0.2) is 84.4 Å². The SMILES string of the molecule is c1ccc(-p2c(-c3ccccn3)ccc2-c2cccs2)cc1. The minimum Gasteiger partial charge on any atom is -0.256 e. The maximum atomic E-state index is 4.57. The number of hydrogen-bond acceptors (Lipinski definition) is 2. The molecule has 0 aliphatic heterocycles. The maximum absolute atomic E-state index is 4.57. The van der Waals surface area contributed by atoms with E-state index in [1.54, 1.807) is 0 Å². The molecule has 0 amide bonds. The van der Waals surface area contributed by atoms with Gasteiger partial charge in [-0.2, -0.15) is 0 Å². The molecule has 3 heterocycles. The lowest BCUT2D eigenvalue weighted by Crippen LogP contribution is -1.78. The lowest BCUT2D eigenvalue weighted by Gasteiger charge is -2.09. The second-order valence-corrected chi connectivity index (χ2v) is 8.07. The summed E-state index contributed by atoms with van der Waals surface area (Å²) >= 11 is 1.81. The summed E-state index contributed by atoms with van der Waals surface area (Å²) in [4.78, 5) is 5.93. The van der Waals surface area contributed by atoms with E-state index in [0.717, 1.165) is 5.69 Å². The summed E-state index contributed by atoms with van der Waals surface area (Å²) in [6.07, 6.45) is 1.87. The van der Waals surface area contributed by atoms with Gasteiger partial charge in [-0.15, -0.1) is 11.3 Å². The van der Waals surface area contributed by atoms with Gasteiger partial charge in [0.2, 0.25) is 0 Å². The van der Waals surface area contributed by atoms with Crippen molar-refractivity contribution < 1.29 is 0 Å². The summed E-state index contributed by atoms with van der Waals surface area (Å²) in [6.45, 7) is 0. The third-order valence-electron chi connectivity index (χ3n) is 3.60. The number of thiophene rings is 1. The Morgan fingerprint density at radius 2 is 1.55 bits per heavy atom. The number of nitrogens with zero attached hydrogens (tertiary/aromatic N) is 1. The van der Waals surface area contributed by atoms with Gasteiger partial charge in [0.05, 0.1) is 5.69 Å². The minimum atomic E-state index is -0.524. The Morgan fingerprint density at radius 1 is 0.727 bits per heavy atom. The first-order chi connectivity index (χ1) is 10.9. The molecule has 0 aliphatic carbocycles. The third-order valence-corrected chi connectivity index (χ3v) is 7.20. The van der Waals surface area contributed by atoms with Crippen molar-refractivity contribution in [1.29, 1.82) is 0 Å². The maximum Gasteiger partial charge on any atom is 0.0745 e. The fourth-order valence-electron chi connectivity index (χ4n) is 2.62. The van der Waals surface area contributed by atoms with Crippen molar-refractivity contribution >= 4 is 18.9 Å². The van der Waals surface area contributed by atoms with Crippen molar-refractivity contribution in [2.75, 3.05) is 0 Å². The van der Waals surface area contributed by atoms with Crippen LogP contribution in [0.5, 0.6) is 0 Å². The van der Waals surface area contributed by atoms with Gasteiger partial charge in [-0.3, -0.25) is 4.98 Å². The second-order valence-electron chi connectivity index (χ2n) is 4.97. The Morgan fingerprint density at radius 3 is 2.27 bits per heavy atom. The molecule has 4 rings (SSSR count). The minimum absolute atomic E-state index is 0.524. The van der Waals surface area contributed by atoms with Gasteiger partial charge in [0, 0.05) is 21.7 Å². The van der Waals surface area contributed by atoms with Crippen molar-refractivity contribution in [2.45, 2.75) is 0 Å². The van der Waals surface area contributed by atoms with Crippen LogP contribution >= 0.6 is 18.9 Å². The van der Waals surface area contributed by atoms with Crippen LogP contribution in [0.1, 0.15) is 0 Å². The third kappa shape index (κ3) is 2.41. The Hall–Kier alpha value is -2.15. The molecule has 3 heteroatoms. The van der Waals surface area contributed by atoms with E-state index in [0.29, 0.717) is 0 Å². The lowest BCUT2D eigenvalue weighted by atomic mass is 10.3. The monoisotopic (exact) mass is 319 g/mol. The molecule has 22 heavy (non-hydrogen) atoms. The Balaban J connectivity index is 1.97. The van der Waals surface area contributed by atoms with Gasteiger partial charge >= 0.3 is 0 Å². The predicted molar refractivity (Wildman–Crippen MR) is 97.0 cm³/mol. The Labute approximate surface area is 135 Å². The van der Waals surface area contributed by atoms with Crippen molar-refractivity contribution in [3.8, 4) is 26.5 Å². The van der Waals surface area contributed by atoms with E-state index in [1.165, 1.54) is 20.8 Å². The van der Waals surface area contributed by atoms with Gasteiger partial charge < -0.3 is 0 Å². The molecule has 4 aromatic rings. The van der Waals surface area contributed by atoms with Gasteiger partial charge in [-0.1, -0.05) is 50.0 Å². The molecule has 1 unspecified atom stereocenters. The number of aromatic nitrogens is 1. The lowest BCUT2D eigenvalue weighted by molar-refractivity contribution is 1.34. The molecule has 0 spiro atoms. The Kier molecular flexibility index (Phi) is 3.64. The molecular formula is C19H14NPS. The van der Waals surface area contributed by atoms with E-state index in [2.05, 4.69) is 77.1 Å². The molecule has 0 bridgehead atoms. The van der Waals surface area contributed by atoms with Crippen LogP contribution in [0.3, 0.4) is 0 Å². The van der Waals surface area contributed by atoms with E-state index in [4.69, 9.17) is 0 Å². The van der Waals surface area contributed by atoms with Crippen LogP contribution in [-0.4, -0.2) is 4.98 Å². The summed E-state index contributed by atoms with van der Waals surface area (Å²) in [6, 6.07) is 25.8. The molecule has 1 nitrogen and oxygen atoms in total. The average molecular weight is 319 g/mol. The van der Waals surface area contributed by atoms with E-state index in [1.807, 2.05) is 23.6 Å². The quantitative estimate of drug-likeness (QED) is 0.422. The molecule has 106 valence electrons. The summed E-state index contributed by atoms with van der Waals surface area (Å²) in [7, 11) is -0.524. The van der Waals surface area contributed by atoms with Gasteiger partial charge in [0.1, 0.15) is 0 Å². The highest BCUT2D eigenvalue weighted by atomic mass is 32.1. The van der Waals surface area contributed by atoms with Crippen LogP contribution in [-0.2, 0) is 0 Å². The number of hydrogen-bond donors (Lipinski definition) is 0. The summed E-state index contributed by atoms with van der Waals surface area (Å²) in [5, 5.41) is 6.29. The highest BCUT2D eigenvalue weighted by molar-refractivity contribution is 7.63. The van der Waals surface area contributed by atoms with Crippen LogP contribution in [0, 0.1) is 0 Å². The first-order valence-corrected chi connectivity index (χ1v) is 9.38. The molecule has 0 N–H and O–H groups in total. The summed E-state index contributed by atoms with van der Waals surface area (Å²) in [5.74, 6) is 0. The standard InChI is InChI=1S/C19H14NPS/c1-2-7-15(8-3-1)21-17(16-9-4-5-13-20-16)11-12-18(21)19-10-6-14-22-19/h1-14H. The number of rotatable bonds is 3. The first kappa shape index (κ1) is 13.5. The second kappa shape index (κ2) is 5.92. The molecular weight excluding hydrogens is 305 g/mol. The highest BCUT2D eigenvalue weighted by Gasteiger charge is 2.15. The Bertz CT molecular complexity index is 864. The molecule has 0 aliphatic rings. The van der Waals surface area contributed by atoms with E-state index >= 15 is 0 Å². The van der Waals surface area contributed by atoms with E-state index < -0.39 is 7.53 Å². The summed E-state index contributed by atoms with van der Waals surface area (Å²) in [5.41, 5.74) is 1.08. The van der Waals surface area contributed by atoms with Gasteiger partial charge in [0.15, 0.2) is 0 Å². The largest absolute Gasteiger partial charge is 0.256 e. The van der Waals surface area contributed by atoms with Crippen molar-refractivity contribution in [3.63, 3.8) is 0 Å².